The number of carbonyl (C=O) groups excluding carboxylic acids is 1. The second-order valence-electron chi connectivity index (χ2n) is 5.51. The molecule has 0 saturated carbocycles. The van der Waals surface area contributed by atoms with Gasteiger partial charge in [0.05, 0.1) is 12.7 Å². The number of Topliss-reactive ketones (excluding diaryl/α,β-unsaturated/α-hetero) is 1. The largest absolute Gasteiger partial charge is 0.399 e. The van der Waals surface area contributed by atoms with Gasteiger partial charge in [0.25, 0.3) is 0 Å². The van der Waals surface area contributed by atoms with E-state index >= 15 is 0 Å². The summed E-state index contributed by atoms with van der Waals surface area (Å²) in [4.78, 5) is 12.5. The van der Waals surface area contributed by atoms with Gasteiger partial charge in [0.1, 0.15) is 0 Å². The number of fused-ring (bicyclic) bond motifs is 1. The van der Waals surface area contributed by atoms with Crippen LogP contribution < -0.4 is 5.73 Å². The number of nitrogens with two attached hydrogens (primary N) is 1. The summed E-state index contributed by atoms with van der Waals surface area (Å²) in [6.45, 7) is 2.59. The number of aryl methyl sites for hydroxylation is 1. The molecule has 0 fully saturated rings. The van der Waals surface area contributed by atoms with Gasteiger partial charge in [-0.25, -0.2) is 0 Å². The highest BCUT2D eigenvalue weighted by atomic mass is 16.5. The number of benzene rings is 2. The van der Waals surface area contributed by atoms with Crippen molar-refractivity contribution in [1.29, 1.82) is 0 Å². The first-order chi connectivity index (χ1) is 10.1. The Morgan fingerprint density at radius 2 is 2.10 bits per heavy atom. The summed E-state index contributed by atoms with van der Waals surface area (Å²) in [6.07, 6.45) is 1.16. The second-order valence-corrected chi connectivity index (χ2v) is 5.51. The van der Waals surface area contributed by atoms with Crippen LogP contribution in [-0.2, 0) is 11.2 Å². The fourth-order valence-corrected chi connectivity index (χ4v) is 2.78. The Hall–Kier alpha value is -2.13. The maximum Gasteiger partial charge on any atom is 0.165 e. The van der Waals surface area contributed by atoms with Gasteiger partial charge in [0.15, 0.2) is 5.78 Å². The van der Waals surface area contributed by atoms with Gasteiger partial charge in [-0.05, 0) is 48.2 Å². The van der Waals surface area contributed by atoms with Crippen LogP contribution in [0, 0.1) is 6.92 Å². The third kappa shape index (κ3) is 2.83. The molecule has 2 aromatic carbocycles. The molecule has 0 radical (unpaired) electrons. The quantitative estimate of drug-likeness (QED) is 0.692. The first kappa shape index (κ1) is 13.8. The number of nitrogen functional groups attached to an aromatic ring is 1. The molecule has 0 spiro atoms. The second kappa shape index (κ2) is 5.70. The number of ketones is 1. The average molecular weight is 281 g/mol. The van der Waals surface area contributed by atoms with Gasteiger partial charge in [-0.15, -0.1) is 0 Å². The number of anilines is 1. The van der Waals surface area contributed by atoms with Crippen molar-refractivity contribution in [3.8, 4) is 0 Å². The van der Waals surface area contributed by atoms with Crippen molar-refractivity contribution < 1.29 is 9.53 Å². The summed E-state index contributed by atoms with van der Waals surface area (Å²) in [5.74, 6) is 0.0970. The highest BCUT2D eigenvalue weighted by molar-refractivity contribution is 5.97. The van der Waals surface area contributed by atoms with Crippen molar-refractivity contribution >= 4 is 11.5 Å². The maximum absolute atomic E-state index is 12.5. The third-order valence-corrected chi connectivity index (χ3v) is 4.05. The van der Waals surface area contributed by atoms with Crippen LogP contribution in [0.3, 0.4) is 0 Å². The van der Waals surface area contributed by atoms with Gasteiger partial charge >= 0.3 is 0 Å². The van der Waals surface area contributed by atoms with Crippen LogP contribution in [0.5, 0.6) is 0 Å². The summed E-state index contributed by atoms with van der Waals surface area (Å²) in [7, 11) is 0. The van der Waals surface area contributed by atoms with E-state index in [2.05, 4.69) is 12.1 Å². The van der Waals surface area contributed by atoms with Gasteiger partial charge < -0.3 is 10.5 Å². The highest BCUT2D eigenvalue weighted by Gasteiger charge is 2.23. The smallest absolute Gasteiger partial charge is 0.165 e. The lowest BCUT2D eigenvalue weighted by atomic mass is 9.93. The number of ether oxygens (including phenoxy) is 1. The molecule has 0 amide bonds. The molecule has 108 valence electrons. The van der Waals surface area contributed by atoms with Gasteiger partial charge in [-0.2, -0.15) is 0 Å². The molecule has 1 unspecified atom stereocenters. The van der Waals surface area contributed by atoms with E-state index in [0.717, 1.165) is 17.5 Å². The van der Waals surface area contributed by atoms with Gasteiger partial charge in [0.2, 0.25) is 0 Å². The number of carbonyl (C=O) groups is 1. The minimum absolute atomic E-state index is 0.0970. The van der Waals surface area contributed by atoms with Crippen LogP contribution in [0.25, 0.3) is 0 Å². The minimum atomic E-state index is -0.139. The number of hydrogen-bond donors (Lipinski definition) is 1. The van der Waals surface area contributed by atoms with E-state index < -0.39 is 0 Å². The van der Waals surface area contributed by atoms with E-state index in [-0.39, 0.29) is 11.9 Å². The Bertz CT molecular complexity index is 679. The predicted octanol–water partition coefficient (Wildman–Crippen LogP) is 3.46. The van der Waals surface area contributed by atoms with E-state index in [0.29, 0.717) is 24.3 Å². The van der Waals surface area contributed by atoms with Gasteiger partial charge in [-0.1, -0.05) is 24.3 Å². The van der Waals surface area contributed by atoms with Crippen molar-refractivity contribution in [2.24, 2.45) is 0 Å². The van der Waals surface area contributed by atoms with Crippen molar-refractivity contribution in [1.82, 2.24) is 0 Å². The molecule has 3 rings (SSSR count). The monoisotopic (exact) mass is 281 g/mol. The first-order valence-corrected chi connectivity index (χ1v) is 7.24. The molecule has 0 aliphatic carbocycles. The normalized spacial score (nSPS) is 17.3. The summed E-state index contributed by atoms with van der Waals surface area (Å²) in [6, 6.07) is 13.6. The molecule has 2 aromatic rings. The zero-order chi connectivity index (χ0) is 14.8. The molecular weight excluding hydrogens is 262 g/mol. The van der Waals surface area contributed by atoms with Crippen LogP contribution in [0.1, 0.15) is 39.6 Å². The maximum atomic E-state index is 12.5. The Kier molecular flexibility index (Phi) is 3.76. The predicted molar refractivity (Wildman–Crippen MR) is 83.4 cm³/mol. The summed E-state index contributed by atoms with van der Waals surface area (Å²) < 4.78 is 5.81. The number of hydrogen-bond acceptors (Lipinski definition) is 3. The molecule has 3 nitrogen and oxygen atoms in total. The Balaban J connectivity index is 1.81. The lowest BCUT2D eigenvalue weighted by molar-refractivity contribution is 0.0352. The average Bonchev–Trinajstić information content (AvgIpc) is 2.50. The molecule has 1 aliphatic rings. The SMILES string of the molecule is Cc1cc(C(=O)CC2OCCc3ccccc32)ccc1N. The fourth-order valence-electron chi connectivity index (χ4n) is 2.78. The standard InChI is InChI=1S/C18H19NO2/c1-12-10-14(6-7-16(12)19)17(20)11-18-15-5-3-2-4-13(15)8-9-21-18/h2-7,10,18H,8-9,11,19H2,1H3. The molecular formula is C18H19NO2. The minimum Gasteiger partial charge on any atom is -0.399 e. The van der Waals surface area contributed by atoms with Crippen LogP contribution in [0.15, 0.2) is 42.5 Å². The molecule has 0 aromatic heterocycles. The zero-order valence-corrected chi connectivity index (χ0v) is 12.1. The Morgan fingerprint density at radius 3 is 2.90 bits per heavy atom. The van der Waals surface area contributed by atoms with Crippen molar-refractivity contribution in [3.63, 3.8) is 0 Å². The van der Waals surface area contributed by atoms with Crippen molar-refractivity contribution in [3.05, 3.63) is 64.7 Å². The summed E-state index contributed by atoms with van der Waals surface area (Å²) in [5.41, 5.74) is 10.6. The van der Waals surface area contributed by atoms with E-state index in [1.54, 1.807) is 12.1 Å². The Morgan fingerprint density at radius 1 is 1.29 bits per heavy atom. The fraction of sp³-hybridized carbons (Fsp3) is 0.278. The topological polar surface area (TPSA) is 52.3 Å². The molecule has 1 aliphatic heterocycles. The summed E-state index contributed by atoms with van der Waals surface area (Å²) >= 11 is 0. The highest BCUT2D eigenvalue weighted by Crippen LogP contribution is 2.30. The summed E-state index contributed by atoms with van der Waals surface area (Å²) in [5, 5.41) is 0. The molecule has 3 heteroatoms. The van der Waals surface area contributed by atoms with Gasteiger partial charge in [-0.3, -0.25) is 4.79 Å². The van der Waals surface area contributed by atoms with Crippen LogP contribution >= 0.6 is 0 Å². The molecule has 0 bridgehead atoms. The molecule has 1 atom stereocenters. The third-order valence-electron chi connectivity index (χ3n) is 4.05. The van der Waals surface area contributed by atoms with E-state index in [1.807, 2.05) is 25.1 Å². The molecule has 21 heavy (non-hydrogen) atoms. The van der Waals surface area contributed by atoms with Crippen LogP contribution in [0.2, 0.25) is 0 Å². The van der Waals surface area contributed by atoms with Gasteiger partial charge in [0, 0.05) is 17.7 Å². The van der Waals surface area contributed by atoms with Crippen molar-refractivity contribution in [2.75, 3.05) is 12.3 Å². The molecule has 0 saturated heterocycles. The molecule has 2 N–H and O–H groups in total. The van der Waals surface area contributed by atoms with E-state index in [9.17, 15) is 4.79 Å². The zero-order valence-electron chi connectivity index (χ0n) is 12.1. The molecule has 1 heterocycles. The number of rotatable bonds is 3. The van der Waals surface area contributed by atoms with E-state index in [1.165, 1.54) is 5.56 Å². The lowest BCUT2D eigenvalue weighted by Gasteiger charge is -2.25. The van der Waals surface area contributed by atoms with Crippen LogP contribution in [-0.4, -0.2) is 12.4 Å². The van der Waals surface area contributed by atoms with Crippen LogP contribution in [0.4, 0.5) is 5.69 Å². The Labute approximate surface area is 124 Å². The van der Waals surface area contributed by atoms with Crippen molar-refractivity contribution in [2.45, 2.75) is 25.9 Å². The lowest BCUT2D eigenvalue weighted by Crippen LogP contribution is -2.19. The van der Waals surface area contributed by atoms with E-state index in [4.69, 9.17) is 10.5 Å². The first-order valence-electron chi connectivity index (χ1n) is 7.24.